The molecular formula is C61H64O12Si2. The molecule has 7 aromatic carbocycles. The quantitative estimate of drug-likeness (QED) is 0.0488. The fourth-order valence-corrected chi connectivity index (χ4v) is 9.50. The maximum atomic E-state index is 14.7. The van der Waals surface area contributed by atoms with Crippen molar-refractivity contribution in [3.63, 3.8) is 0 Å². The Morgan fingerprint density at radius 1 is 0.467 bits per heavy atom. The van der Waals surface area contributed by atoms with Gasteiger partial charge >= 0.3 is 24.4 Å². The summed E-state index contributed by atoms with van der Waals surface area (Å²) in [6, 6.07) is 47.0. The molecule has 388 valence electrons. The molecule has 14 heteroatoms. The highest BCUT2D eigenvalue weighted by Gasteiger charge is 2.42. The fourth-order valence-electron chi connectivity index (χ4n) is 7.44. The molecule has 0 N–H and O–H groups in total. The van der Waals surface area contributed by atoms with E-state index < -0.39 is 41.0 Å². The van der Waals surface area contributed by atoms with Crippen LogP contribution >= 0.6 is 0 Å². The first-order valence-electron chi connectivity index (χ1n) is 24.9. The lowest BCUT2D eigenvalue weighted by atomic mass is 9.95. The van der Waals surface area contributed by atoms with E-state index in [0.717, 1.165) is 11.1 Å². The molecule has 0 saturated carbocycles. The first-order chi connectivity index (χ1) is 35.5. The molecular weight excluding hydrogens is 981 g/mol. The van der Waals surface area contributed by atoms with Gasteiger partial charge in [0.1, 0.15) is 36.2 Å². The Kier molecular flexibility index (Phi) is 15.7. The first kappa shape index (κ1) is 53.5. The van der Waals surface area contributed by atoms with Crippen LogP contribution in [0.3, 0.4) is 0 Å². The number of benzene rings is 7. The van der Waals surface area contributed by atoms with Gasteiger partial charge in [0.2, 0.25) is 16.6 Å². The van der Waals surface area contributed by atoms with Crippen LogP contribution in [0.1, 0.15) is 80.3 Å². The van der Waals surface area contributed by atoms with Crippen molar-refractivity contribution in [1.82, 2.24) is 0 Å². The van der Waals surface area contributed by atoms with Gasteiger partial charge in [0.15, 0.2) is 23.0 Å². The van der Waals surface area contributed by atoms with Crippen molar-refractivity contribution >= 4 is 34.5 Å². The molecule has 75 heavy (non-hydrogen) atoms. The third kappa shape index (κ3) is 12.8. The number of rotatable bonds is 17. The minimum absolute atomic E-state index is 0.0584. The lowest BCUT2D eigenvalue weighted by Crippen LogP contribution is -2.43. The molecule has 12 nitrogen and oxygen atoms in total. The Labute approximate surface area is 441 Å². The van der Waals surface area contributed by atoms with Crippen LogP contribution in [0.5, 0.6) is 46.0 Å². The average Bonchev–Trinajstić information content (AvgIpc) is 3.80. The van der Waals surface area contributed by atoms with Crippen molar-refractivity contribution in [3.05, 3.63) is 180 Å². The van der Waals surface area contributed by atoms with Gasteiger partial charge in [0.25, 0.3) is 0 Å². The van der Waals surface area contributed by atoms with Crippen LogP contribution in [0.15, 0.2) is 158 Å². The van der Waals surface area contributed by atoms with Gasteiger partial charge in [-0.2, -0.15) is 0 Å². The molecule has 0 unspecified atom stereocenters. The second-order valence-electron chi connectivity index (χ2n) is 21.4. The van der Waals surface area contributed by atoms with Crippen molar-refractivity contribution in [2.75, 3.05) is 0 Å². The van der Waals surface area contributed by atoms with Crippen LogP contribution in [-0.2, 0) is 22.7 Å². The minimum Gasteiger partial charge on any atom is -0.544 e. The topological polar surface area (TPSA) is 134 Å². The number of carbonyl (C=O) groups excluding carboxylic acids is 3. The van der Waals surface area contributed by atoms with Gasteiger partial charge in [-0.25, -0.2) is 9.59 Å². The van der Waals surface area contributed by atoms with Gasteiger partial charge in [0, 0.05) is 6.92 Å². The van der Waals surface area contributed by atoms with Crippen molar-refractivity contribution in [1.29, 1.82) is 0 Å². The van der Waals surface area contributed by atoms with Gasteiger partial charge in [-0.05, 0) is 131 Å². The predicted molar refractivity (Wildman–Crippen MR) is 294 cm³/mol. The highest BCUT2D eigenvalue weighted by molar-refractivity contribution is 6.75. The molecule has 0 atom stereocenters. The van der Waals surface area contributed by atoms with Crippen molar-refractivity contribution in [3.8, 4) is 68.2 Å². The number of hydrogen-bond donors (Lipinski definition) is 0. The molecule has 1 aliphatic rings. The summed E-state index contributed by atoms with van der Waals surface area (Å²) in [4.78, 5) is 42.0. The normalized spacial score (nSPS) is 12.6. The van der Waals surface area contributed by atoms with Crippen LogP contribution in [0.4, 0.5) is 0 Å². The molecule has 0 spiro atoms. The summed E-state index contributed by atoms with van der Waals surface area (Å²) in [5.74, 6) is -0.181. The van der Waals surface area contributed by atoms with E-state index in [4.69, 9.17) is 42.0 Å². The number of hydrogen-bond acceptors (Lipinski definition) is 12. The Morgan fingerprint density at radius 3 is 1.12 bits per heavy atom. The summed E-state index contributed by atoms with van der Waals surface area (Å²) in [5.41, 5.74) is 3.57. The van der Waals surface area contributed by atoms with Crippen LogP contribution in [0.25, 0.3) is 22.3 Å². The Balaban J connectivity index is 1.28. The molecule has 0 fully saturated rings. The van der Waals surface area contributed by atoms with Crippen LogP contribution < -0.4 is 37.3 Å². The minimum atomic E-state index is -2.28. The monoisotopic (exact) mass is 1040 g/mol. The van der Waals surface area contributed by atoms with Gasteiger partial charge < -0.3 is 42.0 Å². The van der Waals surface area contributed by atoms with Crippen molar-refractivity contribution in [2.24, 2.45) is 0 Å². The van der Waals surface area contributed by atoms with Gasteiger partial charge in [0.05, 0.1) is 22.3 Å². The molecule has 0 saturated heterocycles. The summed E-state index contributed by atoms with van der Waals surface area (Å²) in [6.07, 6.45) is 0. The lowest BCUT2D eigenvalue weighted by Gasteiger charge is -2.36. The highest BCUT2D eigenvalue weighted by atomic mass is 28.4. The van der Waals surface area contributed by atoms with E-state index in [0.29, 0.717) is 47.3 Å². The zero-order chi connectivity index (χ0) is 53.7. The maximum Gasteiger partial charge on any atom is 0.409 e. The third-order valence-electron chi connectivity index (χ3n) is 13.7. The zero-order valence-corrected chi connectivity index (χ0v) is 46.4. The smallest absolute Gasteiger partial charge is 0.409 e. The van der Waals surface area contributed by atoms with Crippen molar-refractivity contribution < 1.29 is 56.4 Å². The number of fused-ring (bicyclic) bond motifs is 1. The second-order valence-corrected chi connectivity index (χ2v) is 30.8. The lowest BCUT2D eigenvalue weighted by molar-refractivity contribution is -0.192. The maximum absolute atomic E-state index is 14.7. The fraction of sp³-hybridized carbons (Fsp3) is 0.262. The molecule has 0 aromatic heterocycles. The first-order valence-corrected chi connectivity index (χ1v) is 30.7. The Morgan fingerprint density at radius 2 is 0.800 bits per heavy atom. The molecule has 7 aromatic rings. The van der Waals surface area contributed by atoms with Crippen molar-refractivity contribution in [2.45, 2.75) is 104 Å². The summed E-state index contributed by atoms with van der Waals surface area (Å²) in [6.45, 7) is 21.9. The molecule has 0 amide bonds. The summed E-state index contributed by atoms with van der Waals surface area (Å²) < 4.78 is 56.8. The summed E-state index contributed by atoms with van der Waals surface area (Å²) >= 11 is 0. The molecule has 1 aliphatic heterocycles. The van der Waals surface area contributed by atoms with Gasteiger partial charge in [-0.3, -0.25) is 4.79 Å². The zero-order valence-electron chi connectivity index (χ0n) is 44.4. The van der Waals surface area contributed by atoms with E-state index in [2.05, 4.69) is 67.7 Å². The number of carbonyl (C=O) groups is 3. The van der Waals surface area contributed by atoms with Crippen LogP contribution in [0, 0.1) is 0 Å². The van der Waals surface area contributed by atoms with Gasteiger partial charge in [-0.1, -0.05) is 126 Å². The molecule has 0 aliphatic carbocycles. The standard InChI is InChI=1S/C61H64O12Si2/c1-40(62)67-59-70-55-51(43-22-34-49(35-23-43)72-74(8,9)60(2,3)4)53(68-57(63)45-26-30-47(31-27-45)65-38-41-18-14-12-15-19-41)54(69-58(64)46-28-32-48(33-29-46)66-39-42-20-16-13-17-21-42)52(56(55)71-59)44-24-36-50(37-25-44)73-75(10,11)61(5,6)7/h12-37,59H,38-39H2,1-11H3. The van der Waals surface area contributed by atoms with E-state index in [-0.39, 0.29) is 55.3 Å². The SMILES string of the molecule is CC(=O)OC1Oc2c(c(-c3ccc(O[Si](C)(C)C(C)(C)C)cc3)c(OC(=O)c3ccc(OCc4ccccc4)cc3)c(OC(=O)c3ccc(OCc4ccccc4)cc3)c2-c2ccc(O[Si](C)(C)C(C)(C)C)cc2)O1. The average molecular weight is 1050 g/mol. The van der Waals surface area contributed by atoms with E-state index in [9.17, 15) is 14.4 Å². The molecule has 8 rings (SSSR count). The summed E-state index contributed by atoms with van der Waals surface area (Å²) in [7, 11) is -4.56. The predicted octanol–water partition coefficient (Wildman–Crippen LogP) is 15.0. The second kappa shape index (κ2) is 22.0. The van der Waals surface area contributed by atoms with E-state index in [1.807, 2.05) is 84.9 Å². The third-order valence-corrected chi connectivity index (χ3v) is 22.4. The number of esters is 3. The molecule has 0 radical (unpaired) electrons. The Bertz CT molecular complexity index is 2920. The van der Waals surface area contributed by atoms with E-state index >= 15 is 0 Å². The molecule has 0 bridgehead atoms. The van der Waals surface area contributed by atoms with Crippen LogP contribution in [-0.4, -0.2) is 41.0 Å². The summed E-state index contributed by atoms with van der Waals surface area (Å²) in [5, 5.41) is -0.174. The Hall–Kier alpha value is -7.82. The molecule has 1 heterocycles. The number of ether oxygens (including phenoxy) is 7. The largest absolute Gasteiger partial charge is 0.544 e. The van der Waals surface area contributed by atoms with Crippen LogP contribution in [0.2, 0.25) is 36.3 Å². The van der Waals surface area contributed by atoms with E-state index in [1.54, 1.807) is 72.8 Å². The highest BCUT2D eigenvalue weighted by Crippen LogP contribution is 2.60. The van der Waals surface area contributed by atoms with E-state index in [1.165, 1.54) is 6.92 Å². The van der Waals surface area contributed by atoms with Gasteiger partial charge in [-0.15, -0.1) is 0 Å².